The summed E-state index contributed by atoms with van der Waals surface area (Å²) >= 11 is 0. The van der Waals surface area contributed by atoms with Gasteiger partial charge in [0.25, 0.3) is 5.91 Å². The molecular weight excluding hydrogens is 320 g/mol. The quantitative estimate of drug-likeness (QED) is 0.672. The fourth-order valence-electron chi connectivity index (χ4n) is 2.13. The maximum absolute atomic E-state index is 12.2. The molecule has 7 heteroatoms. The molecule has 0 unspecified atom stereocenters. The van der Waals surface area contributed by atoms with E-state index in [0.29, 0.717) is 17.3 Å². The Morgan fingerprint density at radius 2 is 1.92 bits per heavy atom. The smallest absolute Gasteiger partial charge is 0.270 e. The Morgan fingerprint density at radius 1 is 1.12 bits per heavy atom. The zero-order valence-electron chi connectivity index (χ0n) is 13.5. The lowest BCUT2D eigenvalue weighted by molar-refractivity contribution is 0.0942. The van der Waals surface area contributed by atoms with Crippen molar-refractivity contribution in [3.63, 3.8) is 0 Å². The number of benzene rings is 1. The first-order chi connectivity index (χ1) is 12.1. The number of hydrogen-bond donors (Lipinski definition) is 2. The average Bonchev–Trinajstić information content (AvgIpc) is 3.14. The first kappa shape index (κ1) is 16.4. The Hall–Kier alpha value is -3.48. The van der Waals surface area contributed by atoms with Crippen molar-refractivity contribution in [2.45, 2.75) is 13.5 Å². The predicted molar refractivity (Wildman–Crippen MR) is 91.6 cm³/mol. The van der Waals surface area contributed by atoms with E-state index in [1.54, 1.807) is 42.7 Å². The van der Waals surface area contributed by atoms with Crippen LogP contribution in [0.1, 0.15) is 33.5 Å². The number of Topliss-reactive ketones (excluding diaryl/α,β-unsaturated/α-hetero) is 1. The van der Waals surface area contributed by atoms with E-state index in [9.17, 15) is 9.59 Å². The molecule has 0 radical (unpaired) electrons. The molecule has 0 saturated carbocycles. The summed E-state index contributed by atoms with van der Waals surface area (Å²) < 4.78 is 5.17. The molecule has 0 spiro atoms. The van der Waals surface area contributed by atoms with Crippen LogP contribution in [0.2, 0.25) is 0 Å². The summed E-state index contributed by atoms with van der Waals surface area (Å²) in [4.78, 5) is 31.7. The van der Waals surface area contributed by atoms with Crippen LogP contribution in [0, 0.1) is 0 Å². The molecule has 25 heavy (non-hydrogen) atoms. The van der Waals surface area contributed by atoms with Gasteiger partial charge < -0.3 is 15.1 Å². The Morgan fingerprint density at radius 3 is 2.60 bits per heavy atom. The topological polar surface area (TPSA) is 97.1 Å². The van der Waals surface area contributed by atoms with Crippen LogP contribution in [0.15, 0.2) is 59.3 Å². The Bertz CT molecular complexity index is 874. The third kappa shape index (κ3) is 4.29. The number of ketones is 1. The molecule has 0 fully saturated rings. The van der Waals surface area contributed by atoms with E-state index >= 15 is 0 Å². The maximum Gasteiger partial charge on any atom is 0.270 e. The van der Waals surface area contributed by atoms with Gasteiger partial charge in [-0.15, -0.1) is 0 Å². The van der Waals surface area contributed by atoms with Gasteiger partial charge in [0, 0.05) is 17.4 Å². The molecule has 0 aliphatic carbocycles. The SMILES string of the molecule is CC(=O)c1ccc(Nc2nccc(C(=O)NCc3ccco3)n2)cc1. The van der Waals surface area contributed by atoms with Crippen LogP contribution in [0.5, 0.6) is 0 Å². The van der Waals surface area contributed by atoms with E-state index < -0.39 is 0 Å². The van der Waals surface area contributed by atoms with Gasteiger partial charge in [-0.1, -0.05) is 0 Å². The minimum atomic E-state index is -0.325. The summed E-state index contributed by atoms with van der Waals surface area (Å²) in [5.41, 5.74) is 1.58. The highest BCUT2D eigenvalue weighted by atomic mass is 16.3. The largest absolute Gasteiger partial charge is 0.467 e. The van der Waals surface area contributed by atoms with Crippen molar-refractivity contribution in [2.75, 3.05) is 5.32 Å². The van der Waals surface area contributed by atoms with E-state index in [1.165, 1.54) is 19.2 Å². The molecule has 0 aliphatic rings. The number of aromatic nitrogens is 2. The summed E-state index contributed by atoms with van der Waals surface area (Å²) in [7, 11) is 0. The molecule has 1 aromatic carbocycles. The van der Waals surface area contributed by atoms with Gasteiger partial charge in [0.2, 0.25) is 5.95 Å². The van der Waals surface area contributed by atoms with Crippen molar-refractivity contribution in [2.24, 2.45) is 0 Å². The van der Waals surface area contributed by atoms with Crippen LogP contribution in [-0.2, 0) is 6.54 Å². The number of anilines is 2. The summed E-state index contributed by atoms with van der Waals surface area (Å²) in [6, 6.07) is 12.0. The van der Waals surface area contributed by atoms with Gasteiger partial charge in [0.15, 0.2) is 5.78 Å². The molecule has 2 N–H and O–H groups in total. The normalized spacial score (nSPS) is 10.3. The second kappa shape index (κ2) is 7.39. The minimum Gasteiger partial charge on any atom is -0.467 e. The van der Waals surface area contributed by atoms with Crippen LogP contribution >= 0.6 is 0 Å². The first-order valence-corrected chi connectivity index (χ1v) is 7.63. The fourth-order valence-corrected chi connectivity index (χ4v) is 2.13. The second-order valence-corrected chi connectivity index (χ2v) is 5.29. The Kier molecular flexibility index (Phi) is 4.84. The van der Waals surface area contributed by atoms with Crippen LogP contribution < -0.4 is 10.6 Å². The number of nitrogens with one attached hydrogen (secondary N) is 2. The second-order valence-electron chi connectivity index (χ2n) is 5.29. The summed E-state index contributed by atoms with van der Waals surface area (Å²) in [6.45, 7) is 1.79. The lowest BCUT2D eigenvalue weighted by atomic mass is 10.1. The number of rotatable bonds is 6. The third-order valence-corrected chi connectivity index (χ3v) is 3.44. The molecule has 126 valence electrons. The molecule has 3 rings (SSSR count). The highest BCUT2D eigenvalue weighted by Gasteiger charge is 2.09. The first-order valence-electron chi connectivity index (χ1n) is 7.63. The fraction of sp³-hybridized carbons (Fsp3) is 0.111. The maximum atomic E-state index is 12.2. The molecule has 2 heterocycles. The van der Waals surface area contributed by atoms with Crippen LogP contribution in [0.4, 0.5) is 11.6 Å². The third-order valence-electron chi connectivity index (χ3n) is 3.44. The lowest BCUT2D eigenvalue weighted by Gasteiger charge is -2.07. The van der Waals surface area contributed by atoms with Gasteiger partial charge >= 0.3 is 0 Å². The molecular formula is C18H16N4O3. The van der Waals surface area contributed by atoms with Crippen LogP contribution in [0.25, 0.3) is 0 Å². The van der Waals surface area contributed by atoms with Gasteiger partial charge in [-0.25, -0.2) is 9.97 Å². The zero-order chi connectivity index (χ0) is 17.6. The molecule has 2 aromatic heterocycles. The van der Waals surface area contributed by atoms with E-state index in [-0.39, 0.29) is 23.9 Å². The summed E-state index contributed by atoms with van der Waals surface area (Å²) in [5.74, 6) is 0.624. The zero-order valence-corrected chi connectivity index (χ0v) is 13.5. The van der Waals surface area contributed by atoms with Crippen molar-refractivity contribution in [3.05, 3.63) is 71.9 Å². The highest BCUT2D eigenvalue weighted by Crippen LogP contribution is 2.14. The lowest BCUT2D eigenvalue weighted by Crippen LogP contribution is -2.23. The van der Waals surface area contributed by atoms with E-state index in [4.69, 9.17) is 4.42 Å². The minimum absolute atomic E-state index is 0.00183. The van der Waals surface area contributed by atoms with Crippen LogP contribution in [-0.4, -0.2) is 21.7 Å². The molecule has 7 nitrogen and oxygen atoms in total. The summed E-state index contributed by atoms with van der Waals surface area (Å²) in [6.07, 6.45) is 3.05. The van der Waals surface area contributed by atoms with Crippen molar-refractivity contribution >= 4 is 23.3 Å². The molecule has 0 aliphatic heterocycles. The molecule has 0 atom stereocenters. The van der Waals surface area contributed by atoms with Gasteiger partial charge in [0.05, 0.1) is 12.8 Å². The number of furan rings is 1. The predicted octanol–water partition coefficient (Wildman–Crippen LogP) is 2.95. The highest BCUT2D eigenvalue weighted by molar-refractivity contribution is 5.94. The monoisotopic (exact) mass is 336 g/mol. The number of nitrogens with zero attached hydrogens (tertiary/aromatic N) is 2. The average molecular weight is 336 g/mol. The molecule has 0 bridgehead atoms. The van der Waals surface area contributed by atoms with E-state index in [1.807, 2.05) is 0 Å². The van der Waals surface area contributed by atoms with Gasteiger partial charge in [-0.2, -0.15) is 0 Å². The van der Waals surface area contributed by atoms with E-state index in [2.05, 4.69) is 20.6 Å². The van der Waals surface area contributed by atoms with Gasteiger partial charge in [0.1, 0.15) is 11.5 Å². The van der Waals surface area contributed by atoms with E-state index in [0.717, 1.165) is 5.69 Å². The molecule has 0 saturated heterocycles. The number of carbonyl (C=O) groups excluding carboxylic acids is 2. The molecule has 1 amide bonds. The van der Waals surface area contributed by atoms with Gasteiger partial charge in [-0.3, -0.25) is 9.59 Å². The number of amides is 1. The van der Waals surface area contributed by atoms with Crippen molar-refractivity contribution < 1.29 is 14.0 Å². The van der Waals surface area contributed by atoms with Crippen molar-refractivity contribution in [1.82, 2.24) is 15.3 Å². The number of carbonyl (C=O) groups is 2. The summed E-state index contributed by atoms with van der Waals surface area (Å²) in [5, 5.41) is 5.73. The Balaban J connectivity index is 1.66. The molecule has 3 aromatic rings. The van der Waals surface area contributed by atoms with Gasteiger partial charge in [-0.05, 0) is 49.4 Å². The number of hydrogen-bond acceptors (Lipinski definition) is 6. The Labute approximate surface area is 144 Å². The standard InChI is InChI=1S/C18H16N4O3/c1-12(23)13-4-6-14(7-5-13)21-18-19-9-8-16(22-18)17(24)20-11-15-3-2-10-25-15/h2-10H,11H2,1H3,(H,20,24)(H,19,21,22). The van der Waals surface area contributed by atoms with Crippen molar-refractivity contribution in [3.8, 4) is 0 Å². The van der Waals surface area contributed by atoms with Crippen molar-refractivity contribution in [1.29, 1.82) is 0 Å². The van der Waals surface area contributed by atoms with Crippen LogP contribution in [0.3, 0.4) is 0 Å².